The largest absolute Gasteiger partial charge is 0.394 e. The third-order valence-corrected chi connectivity index (χ3v) is 3.64. The van der Waals surface area contributed by atoms with Crippen LogP contribution in [0.4, 0.5) is 0 Å². The van der Waals surface area contributed by atoms with E-state index in [1.54, 1.807) is 5.06 Å². The van der Waals surface area contributed by atoms with E-state index in [0.29, 0.717) is 0 Å². The Bertz CT molecular complexity index is 221. The number of hydrogen-bond acceptors (Lipinski definition) is 4. The highest BCUT2D eigenvalue weighted by molar-refractivity contribution is 7.90. The molecule has 0 aliphatic rings. The van der Waals surface area contributed by atoms with Gasteiger partial charge in [0.1, 0.15) is 6.16 Å². The maximum atomic E-state index is 9.78. The zero-order valence-electron chi connectivity index (χ0n) is 9.64. The summed E-state index contributed by atoms with van der Waals surface area (Å²) in [6, 6.07) is 2.21. The first-order chi connectivity index (χ1) is 6.80. The molecule has 0 saturated heterocycles. The molecule has 0 amide bonds. The fraction of sp³-hybridized carbons (Fsp3) is 0.889. The van der Waals surface area contributed by atoms with Gasteiger partial charge in [-0.05, 0) is 27.7 Å². The molecule has 6 heteroatoms. The molecule has 4 nitrogen and oxygen atoms in total. The monoisotopic (exact) mass is 253 g/mol. The van der Waals surface area contributed by atoms with Crippen LogP contribution >= 0.6 is 18.3 Å². The summed E-state index contributed by atoms with van der Waals surface area (Å²) in [5, 5.41) is 10.1. The molecule has 0 bridgehead atoms. The van der Waals surface area contributed by atoms with Crippen LogP contribution in [0.5, 0.6) is 0 Å². The third-order valence-electron chi connectivity index (χ3n) is 1.74. The molecule has 88 valence electrons. The molecule has 15 heavy (non-hydrogen) atoms. The van der Waals surface area contributed by atoms with Crippen molar-refractivity contribution in [3.63, 3.8) is 0 Å². The van der Waals surface area contributed by atoms with Crippen molar-refractivity contribution in [2.45, 2.75) is 46.2 Å². The predicted molar refractivity (Wildman–Crippen MR) is 63.3 cm³/mol. The maximum absolute atomic E-state index is 9.78. The molecule has 0 heterocycles. The highest BCUT2D eigenvalue weighted by Crippen LogP contribution is 2.62. The molecule has 0 aromatic carbocycles. The van der Waals surface area contributed by atoms with Gasteiger partial charge in [-0.15, -0.1) is 5.06 Å². The first-order valence-corrected chi connectivity index (χ1v) is 7.70. The molecule has 0 aliphatic carbocycles. The molecule has 1 atom stereocenters. The van der Waals surface area contributed by atoms with Crippen LogP contribution in [0, 0.1) is 11.3 Å². The average Bonchev–Trinajstić information content (AvgIpc) is 2.10. The lowest BCUT2D eigenvalue weighted by atomic mass is 10.3. The zero-order valence-corrected chi connectivity index (χ0v) is 11.3. The summed E-state index contributed by atoms with van der Waals surface area (Å²) in [5.41, 5.74) is 0. The van der Waals surface area contributed by atoms with E-state index < -0.39 is 7.07 Å². The van der Waals surface area contributed by atoms with Gasteiger partial charge < -0.3 is 0 Å². The van der Waals surface area contributed by atoms with Gasteiger partial charge in [-0.3, -0.25) is 0 Å². The van der Waals surface area contributed by atoms with Gasteiger partial charge in [0.15, 0.2) is 11.2 Å². The average molecular weight is 254 g/mol. The second-order valence-corrected chi connectivity index (χ2v) is 7.30. The van der Waals surface area contributed by atoms with E-state index in [9.17, 15) is 4.89 Å². The van der Waals surface area contributed by atoms with Gasteiger partial charge in [-0.1, -0.05) is 4.62 Å². The third kappa shape index (κ3) is 6.29. The quantitative estimate of drug-likeness (QED) is 0.584. The van der Waals surface area contributed by atoms with E-state index in [-0.39, 0.29) is 24.7 Å². The van der Waals surface area contributed by atoms with Gasteiger partial charge in [0.2, 0.25) is 0 Å². The lowest BCUT2D eigenvalue weighted by molar-refractivity contribution is -0.111. The van der Waals surface area contributed by atoms with Crippen molar-refractivity contribution in [1.82, 2.24) is 5.06 Å². The molecule has 0 rings (SSSR count). The van der Waals surface area contributed by atoms with Crippen LogP contribution < -0.4 is 0 Å². The van der Waals surface area contributed by atoms with Crippen LogP contribution in [0.15, 0.2) is 0 Å². The van der Waals surface area contributed by atoms with Crippen LogP contribution in [0.2, 0.25) is 0 Å². The van der Waals surface area contributed by atoms with Crippen molar-refractivity contribution in [3.8, 4) is 6.07 Å². The molecule has 0 spiro atoms. The zero-order chi connectivity index (χ0) is 12.1. The number of halogens is 1. The number of nitriles is 1. The normalized spacial score (nSPS) is 15.7. The minimum atomic E-state index is -2.95. The Balaban J connectivity index is 4.33. The first kappa shape index (κ1) is 15.1. The summed E-state index contributed by atoms with van der Waals surface area (Å²) in [6.07, 6.45) is 0.402. The Labute approximate surface area is 97.0 Å². The first-order valence-electron chi connectivity index (χ1n) is 4.95. The summed E-state index contributed by atoms with van der Waals surface area (Å²) in [6.45, 7) is 7.84. The van der Waals surface area contributed by atoms with E-state index in [0.717, 1.165) is 0 Å². The van der Waals surface area contributed by atoms with Crippen molar-refractivity contribution in [2.24, 2.45) is 0 Å². The topological polar surface area (TPSA) is 56.5 Å². The molecular weight excluding hydrogens is 235 g/mol. The van der Waals surface area contributed by atoms with Gasteiger partial charge >= 0.3 is 7.07 Å². The predicted octanol–water partition coefficient (Wildman–Crippen LogP) is 2.94. The van der Waals surface area contributed by atoms with Crippen LogP contribution in [-0.2, 0) is 4.62 Å². The van der Waals surface area contributed by atoms with E-state index in [1.165, 1.54) is 0 Å². The fourth-order valence-electron chi connectivity index (χ4n) is 1.16. The van der Waals surface area contributed by atoms with Crippen molar-refractivity contribution >= 4 is 18.3 Å². The Hall–Kier alpha value is 0.0900. The van der Waals surface area contributed by atoms with Gasteiger partial charge in [-0.2, -0.15) is 5.26 Å². The summed E-state index contributed by atoms with van der Waals surface area (Å²) in [5.74, 6) is 0. The molecule has 0 aromatic heterocycles. The van der Waals surface area contributed by atoms with Gasteiger partial charge in [0, 0.05) is 12.1 Å². The number of hydroxylamine groups is 2. The van der Waals surface area contributed by atoms with Crippen LogP contribution in [0.25, 0.3) is 0 Å². The molecule has 0 aromatic rings. The summed E-state index contributed by atoms with van der Waals surface area (Å²) in [7, 11) is -2.95. The van der Waals surface area contributed by atoms with Crippen molar-refractivity contribution in [2.75, 3.05) is 6.16 Å². The summed E-state index contributed by atoms with van der Waals surface area (Å²) >= 11 is 5.85. The van der Waals surface area contributed by atoms with E-state index in [2.05, 4.69) is 0 Å². The SMILES string of the molecule is CC(C)N(O[P+](O)(Cl)CCC#N)C(C)C. The fourth-order valence-corrected chi connectivity index (χ4v) is 2.75. The van der Waals surface area contributed by atoms with Crippen molar-refractivity contribution in [1.29, 1.82) is 5.26 Å². The van der Waals surface area contributed by atoms with Gasteiger partial charge in [-0.25, -0.2) is 4.89 Å². The van der Waals surface area contributed by atoms with Gasteiger partial charge in [0.25, 0.3) is 0 Å². The van der Waals surface area contributed by atoms with E-state index in [4.69, 9.17) is 21.1 Å². The molecule has 1 unspecified atom stereocenters. The Morgan fingerprint density at radius 2 is 1.87 bits per heavy atom. The summed E-state index contributed by atoms with van der Waals surface area (Å²) < 4.78 is 5.38. The summed E-state index contributed by atoms with van der Waals surface area (Å²) in [4.78, 5) is 9.78. The maximum Gasteiger partial charge on any atom is 0.394 e. The molecule has 0 fully saturated rings. The van der Waals surface area contributed by atoms with Crippen LogP contribution in [-0.4, -0.2) is 28.2 Å². The molecule has 0 radical (unpaired) electrons. The Morgan fingerprint density at radius 3 is 2.20 bits per heavy atom. The molecule has 0 saturated carbocycles. The van der Waals surface area contributed by atoms with Gasteiger partial charge in [0.05, 0.1) is 12.5 Å². The highest BCUT2D eigenvalue weighted by atomic mass is 35.7. The molecular formula is C9H19ClN2O2P+. The Morgan fingerprint density at radius 1 is 1.40 bits per heavy atom. The minimum Gasteiger partial charge on any atom is -0.201 e. The number of hydrogen-bond donors (Lipinski definition) is 1. The Kier molecular flexibility index (Phi) is 6.66. The highest BCUT2D eigenvalue weighted by Gasteiger charge is 2.40. The van der Waals surface area contributed by atoms with Crippen molar-refractivity contribution < 1.29 is 9.52 Å². The number of nitrogens with zero attached hydrogens (tertiary/aromatic N) is 2. The second kappa shape index (κ2) is 6.62. The smallest absolute Gasteiger partial charge is 0.201 e. The van der Waals surface area contributed by atoms with Crippen molar-refractivity contribution in [3.05, 3.63) is 0 Å². The minimum absolute atomic E-state index is 0.136. The molecule has 0 aliphatic heterocycles. The second-order valence-electron chi connectivity index (χ2n) is 3.88. The molecule has 1 N–H and O–H groups in total. The lowest BCUT2D eigenvalue weighted by Gasteiger charge is -2.28. The van der Waals surface area contributed by atoms with Crippen LogP contribution in [0.1, 0.15) is 34.1 Å². The van der Waals surface area contributed by atoms with E-state index in [1.807, 2.05) is 33.8 Å². The standard InChI is InChI=1S/C9H19ClN2O2P/c1-8(2)12(9(3)4)14-15(10,13)7-5-6-11/h8-9,13H,5,7H2,1-4H3/q+1. The van der Waals surface area contributed by atoms with Crippen LogP contribution in [0.3, 0.4) is 0 Å². The van der Waals surface area contributed by atoms with E-state index >= 15 is 0 Å². The lowest BCUT2D eigenvalue weighted by Crippen LogP contribution is -2.36. The number of rotatable bonds is 6.